The standard InChI is InChI=1S/C20H21Cl3N2O2/c1-3-24-20(27)13(2)25(12-15-5-4-6-16(21)9-15)19(26)11-14-7-8-17(22)18(23)10-14/h4-10,13H,3,11-12H2,1-2H3,(H,24,27)/t13-/m1/s1. The van der Waals surface area contributed by atoms with E-state index in [1.165, 1.54) is 0 Å². The van der Waals surface area contributed by atoms with Crippen molar-refractivity contribution in [2.75, 3.05) is 6.54 Å². The number of nitrogens with one attached hydrogen (secondary N) is 1. The van der Waals surface area contributed by atoms with Crippen molar-refractivity contribution in [3.05, 3.63) is 68.7 Å². The molecular weight excluding hydrogens is 407 g/mol. The van der Waals surface area contributed by atoms with Crippen molar-refractivity contribution in [3.63, 3.8) is 0 Å². The molecule has 0 saturated heterocycles. The van der Waals surface area contributed by atoms with Gasteiger partial charge >= 0.3 is 0 Å². The fourth-order valence-electron chi connectivity index (χ4n) is 2.66. The zero-order chi connectivity index (χ0) is 20.0. The van der Waals surface area contributed by atoms with Gasteiger partial charge in [-0.3, -0.25) is 9.59 Å². The molecule has 0 aromatic heterocycles. The average Bonchev–Trinajstić information content (AvgIpc) is 2.62. The van der Waals surface area contributed by atoms with Gasteiger partial charge in [-0.2, -0.15) is 0 Å². The van der Waals surface area contributed by atoms with Crippen molar-refractivity contribution in [1.29, 1.82) is 0 Å². The van der Waals surface area contributed by atoms with E-state index in [1.807, 2.05) is 19.1 Å². The van der Waals surface area contributed by atoms with Gasteiger partial charge < -0.3 is 10.2 Å². The Kier molecular flexibility index (Phi) is 7.96. The molecule has 1 N–H and O–H groups in total. The predicted octanol–water partition coefficient (Wildman–Crippen LogP) is 4.74. The zero-order valence-electron chi connectivity index (χ0n) is 15.1. The van der Waals surface area contributed by atoms with Crippen molar-refractivity contribution < 1.29 is 9.59 Å². The van der Waals surface area contributed by atoms with Crippen LogP contribution >= 0.6 is 34.8 Å². The average molecular weight is 428 g/mol. The van der Waals surface area contributed by atoms with Gasteiger partial charge in [-0.15, -0.1) is 0 Å². The van der Waals surface area contributed by atoms with Crippen LogP contribution in [0.4, 0.5) is 0 Å². The normalized spacial score (nSPS) is 11.7. The number of benzene rings is 2. The molecule has 2 aromatic rings. The number of hydrogen-bond acceptors (Lipinski definition) is 2. The highest BCUT2D eigenvalue weighted by Crippen LogP contribution is 2.23. The number of halogens is 3. The molecular formula is C20H21Cl3N2O2. The maximum atomic E-state index is 13.0. The Labute approximate surface area is 174 Å². The highest BCUT2D eigenvalue weighted by atomic mass is 35.5. The largest absolute Gasteiger partial charge is 0.355 e. The highest BCUT2D eigenvalue weighted by Gasteiger charge is 2.26. The van der Waals surface area contributed by atoms with E-state index in [2.05, 4.69) is 5.32 Å². The van der Waals surface area contributed by atoms with Crippen LogP contribution in [0, 0.1) is 0 Å². The predicted molar refractivity (Wildman–Crippen MR) is 110 cm³/mol. The van der Waals surface area contributed by atoms with Crippen LogP contribution in [0.5, 0.6) is 0 Å². The van der Waals surface area contributed by atoms with Crippen LogP contribution in [0.1, 0.15) is 25.0 Å². The molecule has 144 valence electrons. The third kappa shape index (κ3) is 6.13. The van der Waals surface area contributed by atoms with Gasteiger partial charge in [-0.05, 0) is 49.2 Å². The SMILES string of the molecule is CCNC(=O)[C@@H](C)N(Cc1cccc(Cl)c1)C(=O)Cc1ccc(Cl)c(Cl)c1. The second-order valence-corrected chi connectivity index (χ2v) is 7.40. The fraction of sp³-hybridized carbons (Fsp3) is 0.300. The van der Waals surface area contributed by atoms with Gasteiger partial charge in [0.05, 0.1) is 16.5 Å². The fourth-order valence-corrected chi connectivity index (χ4v) is 3.20. The molecule has 0 spiro atoms. The number of hydrogen-bond donors (Lipinski definition) is 1. The Morgan fingerprint density at radius 2 is 1.78 bits per heavy atom. The minimum absolute atomic E-state index is 0.112. The second kappa shape index (κ2) is 9.98. The first-order valence-electron chi connectivity index (χ1n) is 8.57. The number of carbonyl (C=O) groups excluding carboxylic acids is 2. The van der Waals surface area contributed by atoms with Gasteiger partial charge in [0.15, 0.2) is 0 Å². The smallest absolute Gasteiger partial charge is 0.242 e. The van der Waals surface area contributed by atoms with Crippen LogP contribution in [-0.2, 0) is 22.6 Å². The van der Waals surface area contributed by atoms with Crippen LogP contribution in [0.15, 0.2) is 42.5 Å². The first-order chi connectivity index (χ1) is 12.8. The van der Waals surface area contributed by atoms with Gasteiger partial charge in [0.1, 0.15) is 6.04 Å². The lowest BCUT2D eigenvalue weighted by atomic mass is 10.1. The second-order valence-electron chi connectivity index (χ2n) is 6.15. The summed E-state index contributed by atoms with van der Waals surface area (Å²) in [6.45, 7) is 4.32. The molecule has 1 atom stereocenters. The van der Waals surface area contributed by atoms with Crippen molar-refractivity contribution >= 4 is 46.6 Å². The number of likely N-dealkylation sites (N-methyl/N-ethyl adjacent to an activating group) is 1. The van der Waals surface area contributed by atoms with E-state index < -0.39 is 6.04 Å². The quantitative estimate of drug-likeness (QED) is 0.693. The molecule has 0 heterocycles. The lowest BCUT2D eigenvalue weighted by Gasteiger charge is -2.29. The molecule has 0 bridgehead atoms. The van der Waals surface area contributed by atoms with Crippen molar-refractivity contribution in [2.45, 2.75) is 32.9 Å². The number of nitrogens with zero attached hydrogens (tertiary/aromatic N) is 1. The molecule has 2 aromatic carbocycles. The van der Waals surface area contributed by atoms with Gasteiger partial charge in [-0.25, -0.2) is 0 Å². The molecule has 27 heavy (non-hydrogen) atoms. The number of rotatable bonds is 7. The van der Waals surface area contributed by atoms with Crippen LogP contribution < -0.4 is 5.32 Å². The molecule has 0 aliphatic heterocycles. The lowest BCUT2D eigenvalue weighted by Crippen LogP contribution is -2.48. The molecule has 4 nitrogen and oxygen atoms in total. The van der Waals surface area contributed by atoms with Crippen LogP contribution in [0.3, 0.4) is 0 Å². The summed E-state index contributed by atoms with van der Waals surface area (Å²) in [5, 5.41) is 4.16. The topological polar surface area (TPSA) is 49.4 Å². The van der Waals surface area contributed by atoms with Crippen LogP contribution in [-0.4, -0.2) is 29.3 Å². The third-order valence-corrected chi connectivity index (χ3v) is 5.07. The van der Waals surface area contributed by atoms with E-state index in [9.17, 15) is 9.59 Å². The Morgan fingerprint density at radius 3 is 2.41 bits per heavy atom. The van der Waals surface area contributed by atoms with Gasteiger partial charge in [-0.1, -0.05) is 53.0 Å². The summed E-state index contributed by atoms with van der Waals surface area (Å²) in [6.07, 6.45) is 0.112. The van der Waals surface area contributed by atoms with Crippen LogP contribution in [0.25, 0.3) is 0 Å². The molecule has 0 saturated carbocycles. The number of carbonyl (C=O) groups is 2. The van der Waals surface area contributed by atoms with E-state index in [0.717, 1.165) is 11.1 Å². The van der Waals surface area contributed by atoms with Crippen LogP contribution in [0.2, 0.25) is 15.1 Å². The maximum Gasteiger partial charge on any atom is 0.242 e. The first kappa shape index (κ1) is 21.5. The molecule has 0 radical (unpaired) electrons. The summed E-state index contributed by atoms with van der Waals surface area (Å²) < 4.78 is 0. The third-order valence-electron chi connectivity index (χ3n) is 4.10. The minimum Gasteiger partial charge on any atom is -0.355 e. The Morgan fingerprint density at radius 1 is 1.04 bits per heavy atom. The minimum atomic E-state index is -0.626. The lowest BCUT2D eigenvalue weighted by molar-refractivity contribution is -0.140. The molecule has 0 aliphatic rings. The zero-order valence-corrected chi connectivity index (χ0v) is 17.4. The summed E-state index contributed by atoms with van der Waals surface area (Å²) >= 11 is 18.0. The summed E-state index contributed by atoms with van der Waals surface area (Å²) in [7, 11) is 0. The molecule has 0 aliphatic carbocycles. The Balaban J connectivity index is 2.25. The monoisotopic (exact) mass is 426 g/mol. The summed E-state index contributed by atoms with van der Waals surface area (Å²) in [5.41, 5.74) is 1.58. The van der Waals surface area contributed by atoms with Crippen molar-refractivity contribution in [3.8, 4) is 0 Å². The highest BCUT2D eigenvalue weighted by molar-refractivity contribution is 6.42. The van der Waals surface area contributed by atoms with E-state index in [4.69, 9.17) is 34.8 Å². The van der Waals surface area contributed by atoms with Gasteiger partial charge in [0.25, 0.3) is 0 Å². The molecule has 0 fully saturated rings. The Hall–Kier alpha value is -1.75. The molecule has 0 unspecified atom stereocenters. The maximum absolute atomic E-state index is 13.0. The molecule has 2 amide bonds. The summed E-state index contributed by atoms with van der Waals surface area (Å²) in [5.74, 6) is -0.394. The molecule has 2 rings (SSSR count). The van der Waals surface area contributed by atoms with Gasteiger partial charge in [0.2, 0.25) is 11.8 Å². The van der Waals surface area contributed by atoms with E-state index in [1.54, 1.807) is 42.2 Å². The molecule has 7 heteroatoms. The van der Waals surface area contributed by atoms with E-state index in [0.29, 0.717) is 21.6 Å². The van der Waals surface area contributed by atoms with Crippen molar-refractivity contribution in [1.82, 2.24) is 10.2 Å². The summed E-state index contributed by atoms with van der Waals surface area (Å²) in [4.78, 5) is 26.9. The van der Waals surface area contributed by atoms with Crippen molar-refractivity contribution in [2.24, 2.45) is 0 Å². The Bertz CT molecular complexity index is 827. The van der Waals surface area contributed by atoms with Gasteiger partial charge in [0, 0.05) is 18.1 Å². The van der Waals surface area contributed by atoms with E-state index in [-0.39, 0.29) is 24.8 Å². The number of amides is 2. The van der Waals surface area contributed by atoms with E-state index >= 15 is 0 Å². The summed E-state index contributed by atoms with van der Waals surface area (Å²) in [6, 6.07) is 11.7. The first-order valence-corrected chi connectivity index (χ1v) is 9.70.